The van der Waals surface area contributed by atoms with Gasteiger partial charge in [0.2, 0.25) is 5.88 Å². The highest BCUT2D eigenvalue weighted by Crippen LogP contribution is 2.24. The number of ether oxygens (including phenoxy) is 1. The van der Waals surface area contributed by atoms with Crippen molar-refractivity contribution < 1.29 is 9.13 Å². The van der Waals surface area contributed by atoms with Crippen LogP contribution in [0.5, 0.6) is 11.6 Å². The molecule has 1 N–H and O–H groups in total. The van der Waals surface area contributed by atoms with Crippen molar-refractivity contribution in [2.75, 3.05) is 6.54 Å². The third-order valence-electron chi connectivity index (χ3n) is 3.05. The molecule has 1 heterocycles. The Labute approximate surface area is 123 Å². The highest BCUT2D eigenvalue weighted by atomic mass is 19.1. The molecule has 0 saturated heterocycles. The van der Waals surface area contributed by atoms with Crippen molar-refractivity contribution in [3.8, 4) is 17.7 Å². The van der Waals surface area contributed by atoms with Crippen LogP contribution in [0.3, 0.4) is 0 Å². The van der Waals surface area contributed by atoms with Gasteiger partial charge in [-0.05, 0) is 37.2 Å². The molecule has 0 aliphatic heterocycles. The maximum Gasteiger partial charge on any atom is 0.219 e. The van der Waals surface area contributed by atoms with Gasteiger partial charge in [0.05, 0.1) is 11.6 Å². The van der Waals surface area contributed by atoms with Crippen molar-refractivity contribution in [3.05, 3.63) is 53.5 Å². The summed E-state index contributed by atoms with van der Waals surface area (Å²) >= 11 is 0. The summed E-state index contributed by atoms with van der Waals surface area (Å²) in [6.45, 7) is 4.95. The Kier molecular flexibility index (Phi) is 4.85. The smallest absolute Gasteiger partial charge is 0.219 e. The number of nitrogens with one attached hydrogen (secondary N) is 1. The van der Waals surface area contributed by atoms with E-state index in [-0.39, 0.29) is 17.4 Å². The van der Waals surface area contributed by atoms with Crippen LogP contribution in [0.15, 0.2) is 36.5 Å². The molecule has 0 fully saturated rings. The quantitative estimate of drug-likeness (QED) is 0.912. The highest BCUT2D eigenvalue weighted by molar-refractivity contribution is 5.37. The maximum absolute atomic E-state index is 13.7. The fraction of sp³-hybridized carbons (Fsp3) is 0.250. The fourth-order valence-corrected chi connectivity index (χ4v) is 1.90. The second-order valence-electron chi connectivity index (χ2n) is 4.57. The highest BCUT2D eigenvalue weighted by Gasteiger charge is 2.08. The Morgan fingerprint density at radius 3 is 2.76 bits per heavy atom. The Balaban J connectivity index is 2.12. The van der Waals surface area contributed by atoms with Crippen molar-refractivity contribution in [2.24, 2.45) is 0 Å². The molecule has 0 amide bonds. The fourth-order valence-electron chi connectivity index (χ4n) is 1.90. The van der Waals surface area contributed by atoms with Crippen molar-refractivity contribution in [2.45, 2.75) is 19.9 Å². The zero-order valence-corrected chi connectivity index (χ0v) is 11.9. The predicted molar refractivity (Wildman–Crippen MR) is 77.5 cm³/mol. The van der Waals surface area contributed by atoms with Crippen molar-refractivity contribution >= 4 is 0 Å². The van der Waals surface area contributed by atoms with Crippen LogP contribution in [0.1, 0.15) is 31.0 Å². The predicted octanol–water partition coefficient (Wildman–Crippen LogP) is 3.56. The normalized spacial score (nSPS) is 11.7. The minimum Gasteiger partial charge on any atom is -0.436 e. The van der Waals surface area contributed by atoms with Crippen LogP contribution in [0.2, 0.25) is 0 Å². The third-order valence-corrected chi connectivity index (χ3v) is 3.05. The number of aromatic nitrogens is 1. The SMILES string of the molecule is CCNC(C)c1ccc(Oc2ccc(C#N)cc2F)nc1. The van der Waals surface area contributed by atoms with E-state index in [9.17, 15) is 4.39 Å². The molecule has 2 aromatic rings. The first-order chi connectivity index (χ1) is 10.1. The van der Waals surface area contributed by atoms with Crippen LogP contribution < -0.4 is 10.1 Å². The molecule has 0 saturated carbocycles. The van der Waals surface area contributed by atoms with Gasteiger partial charge in [0, 0.05) is 18.3 Å². The first-order valence-corrected chi connectivity index (χ1v) is 6.71. The number of hydrogen-bond donors (Lipinski definition) is 1. The lowest BCUT2D eigenvalue weighted by atomic mass is 10.1. The van der Waals surface area contributed by atoms with Gasteiger partial charge < -0.3 is 10.1 Å². The lowest BCUT2D eigenvalue weighted by Crippen LogP contribution is -2.17. The summed E-state index contributed by atoms with van der Waals surface area (Å²) in [4.78, 5) is 4.17. The molecule has 1 aromatic carbocycles. The summed E-state index contributed by atoms with van der Waals surface area (Å²) in [6.07, 6.45) is 1.70. The van der Waals surface area contributed by atoms with E-state index in [0.717, 1.165) is 18.2 Å². The van der Waals surface area contributed by atoms with Gasteiger partial charge in [0.25, 0.3) is 0 Å². The van der Waals surface area contributed by atoms with Gasteiger partial charge in [0.15, 0.2) is 11.6 Å². The van der Waals surface area contributed by atoms with E-state index in [1.807, 2.05) is 26.0 Å². The average molecular weight is 285 g/mol. The Morgan fingerprint density at radius 1 is 1.38 bits per heavy atom. The zero-order valence-electron chi connectivity index (χ0n) is 11.9. The molecule has 5 heteroatoms. The van der Waals surface area contributed by atoms with Crippen LogP contribution in [0.25, 0.3) is 0 Å². The Bertz CT molecular complexity index is 650. The van der Waals surface area contributed by atoms with Gasteiger partial charge in [-0.3, -0.25) is 0 Å². The molecule has 1 aromatic heterocycles. The minimum absolute atomic E-state index is 0.0500. The number of pyridine rings is 1. The second kappa shape index (κ2) is 6.82. The molecule has 0 radical (unpaired) electrons. The number of halogens is 1. The van der Waals surface area contributed by atoms with Crippen LogP contribution in [0.4, 0.5) is 4.39 Å². The Morgan fingerprint density at radius 2 is 2.19 bits per heavy atom. The zero-order chi connectivity index (χ0) is 15.2. The van der Waals surface area contributed by atoms with Gasteiger partial charge in [-0.15, -0.1) is 0 Å². The summed E-state index contributed by atoms with van der Waals surface area (Å²) in [5.41, 5.74) is 1.28. The minimum atomic E-state index is -0.582. The molecule has 21 heavy (non-hydrogen) atoms. The van der Waals surface area contributed by atoms with Gasteiger partial charge in [-0.1, -0.05) is 13.0 Å². The van der Waals surface area contributed by atoms with Crippen molar-refractivity contribution in [3.63, 3.8) is 0 Å². The van der Waals surface area contributed by atoms with Crippen LogP contribution in [-0.4, -0.2) is 11.5 Å². The summed E-state index contributed by atoms with van der Waals surface area (Å²) in [7, 11) is 0. The summed E-state index contributed by atoms with van der Waals surface area (Å²) in [5.74, 6) is -0.221. The Hall–Kier alpha value is -2.45. The molecular formula is C16H16FN3O. The number of nitrogens with zero attached hydrogens (tertiary/aromatic N) is 2. The van der Waals surface area contributed by atoms with Crippen molar-refractivity contribution in [1.29, 1.82) is 5.26 Å². The summed E-state index contributed by atoms with van der Waals surface area (Å²) in [5, 5.41) is 12.0. The van der Waals surface area contributed by atoms with E-state index in [1.165, 1.54) is 12.1 Å². The maximum atomic E-state index is 13.7. The first kappa shape index (κ1) is 14.9. The van der Waals surface area contributed by atoms with E-state index in [2.05, 4.69) is 10.3 Å². The lowest BCUT2D eigenvalue weighted by molar-refractivity contribution is 0.426. The number of rotatable bonds is 5. The van der Waals surface area contributed by atoms with Gasteiger partial charge in [-0.2, -0.15) is 5.26 Å². The van der Waals surface area contributed by atoms with E-state index in [4.69, 9.17) is 10.00 Å². The molecule has 2 rings (SSSR count). The molecule has 0 bridgehead atoms. The standard InChI is InChI=1S/C16H16FN3O/c1-3-19-11(2)13-5-7-16(20-10-13)21-15-6-4-12(9-18)8-14(15)17/h4-8,10-11,19H,3H2,1-2H3. The van der Waals surface area contributed by atoms with Crippen LogP contribution in [0, 0.1) is 17.1 Å². The van der Waals surface area contributed by atoms with Crippen LogP contribution >= 0.6 is 0 Å². The lowest BCUT2D eigenvalue weighted by Gasteiger charge is -2.12. The molecule has 0 aliphatic carbocycles. The topological polar surface area (TPSA) is 57.9 Å². The van der Waals surface area contributed by atoms with E-state index in [0.29, 0.717) is 5.88 Å². The molecule has 1 atom stereocenters. The van der Waals surface area contributed by atoms with E-state index in [1.54, 1.807) is 12.3 Å². The number of benzene rings is 1. The first-order valence-electron chi connectivity index (χ1n) is 6.71. The third kappa shape index (κ3) is 3.77. The van der Waals surface area contributed by atoms with Gasteiger partial charge in [0.1, 0.15) is 0 Å². The molecule has 108 valence electrons. The van der Waals surface area contributed by atoms with E-state index >= 15 is 0 Å². The largest absolute Gasteiger partial charge is 0.436 e. The molecule has 0 spiro atoms. The molecular weight excluding hydrogens is 269 g/mol. The average Bonchev–Trinajstić information content (AvgIpc) is 2.50. The monoisotopic (exact) mass is 285 g/mol. The van der Waals surface area contributed by atoms with Gasteiger partial charge >= 0.3 is 0 Å². The summed E-state index contributed by atoms with van der Waals surface area (Å²) < 4.78 is 19.1. The van der Waals surface area contributed by atoms with Gasteiger partial charge in [-0.25, -0.2) is 9.37 Å². The van der Waals surface area contributed by atoms with Crippen LogP contribution in [-0.2, 0) is 0 Å². The molecule has 1 unspecified atom stereocenters. The number of nitriles is 1. The summed E-state index contributed by atoms with van der Waals surface area (Å²) in [6, 6.07) is 9.71. The van der Waals surface area contributed by atoms with Crippen molar-refractivity contribution in [1.82, 2.24) is 10.3 Å². The number of hydrogen-bond acceptors (Lipinski definition) is 4. The van der Waals surface area contributed by atoms with E-state index < -0.39 is 5.82 Å². The second-order valence-corrected chi connectivity index (χ2v) is 4.57. The molecule has 0 aliphatic rings. The molecule has 4 nitrogen and oxygen atoms in total.